The predicted molar refractivity (Wildman–Crippen MR) is 86.2 cm³/mol. The van der Waals surface area contributed by atoms with Crippen LogP contribution in [0.25, 0.3) is 0 Å². The van der Waals surface area contributed by atoms with Crippen LogP contribution in [0, 0.1) is 0 Å². The van der Waals surface area contributed by atoms with E-state index in [-0.39, 0.29) is 11.1 Å². The van der Waals surface area contributed by atoms with Gasteiger partial charge in [-0.3, -0.25) is 19.2 Å². The Morgan fingerprint density at radius 2 is 1.58 bits per heavy atom. The molecule has 1 heterocycles. The average molecular weight is 345 g/mol. The number of rotatable bonds is 5. The first kappa shape index (κ1) is 16.2. The summed E-state index contributed by atoms with van der Waals surface area (Å²) in [7, 11) is 0. The molecule has 6 nitrogen and oxygen atoms in total. The summed E-state index contributed by atoms with van der Waals surface area (Å²) in [5, 5.41) is 3.86. The fraction of sp³-hybridized carbons (Fsp3) is 0.118. The van der Waals surface area contributed by atoms with Crippen molar-refractivity contribution in [3.63, 3.8) is 0 Å². The minimum Gasteiger partial charge on any atom is -0.350 e. The van der Waals surface area contributed by atoms with Gasteiger partial charge in [-0.1, -0.05) is 35.9 Å². The van der Waals surface area contributed by atoms with E-state index < -0.39 is 24.3 Å². The number of hydrogen-bond acceptors (Lipinski definition) is 4. The molecule has 3 rings (SSSR count). The first-order valence-corrected chi connectivity index (χ1v) is 7.56. The van der Waals surface area contributed by atoms with Gasteiger partial charge in [0.15, 0.2) is 6.61 Å². The molecule has 0 saturated carbocycles. The zero-order valence-corrected chi connectivity index (χ0v) is 13.2. The third kappa shape index (κ3) is 3.29. The Morgan fingerprint density at radius 1 is 1.00 bits per heavy atom. The number of imide groups is 1. The third-order valence-electron chi connectivity index (χ3n) is 3.48. The van der Waals surface area contributed by atoms with Crippen LogP contribution in [0.2, 0.25) is 5.02 Å². The van der Waals surface area contributed by atoms with Gasteiger partial charge in [0.2, 0.25) is 5.91 Å². The van der Waals surface area contributed by atoms with Crippen molar-refractivity contribution in [3.05, 3.63) is 70.2 Å². The van der Waals surface area contributed by atoms with Crippen molar-refractivity contribution in [2.45, 2.75) is 6.54 Å². The van der Waals surface area contributed by atoms with E-state index >= 15 is 0 Å². The van der Waals surface area contributed by atoms with Crippen LogP contribution in [0.5, 0.6) is 0 Å². The SMILES string of the molecule is O=C(CON1C(=O)c2ccccc2C1=O)NCc1ccc(Cl)cc1. The lowest BCUT2D eigenvalue weighted by molar-refractivity contribution is -0.139. The highest BCUT2D eigenvalue weighted by Gasteiger charge is 2.36. The molecule has 0 aliphatic carbocycles. The largest absolute Gasteiger partial charge is 0.350 e. The van der Waals surface area contributed by atoms with E-state index in [0.29, 0.717) is 16.6 Å². The van der Waals surface area contributed by atoms with Crippen molar-refractivity contribution in [1.29, 1.82) is 0 Å². The first-order valence-electron chi connectivity index (χ1n) is 7.18. The van der Waals surface area contributed by atoms with Gasteiger partial charge in [0.1, 0.15) is 0 Å². The van der Waals surface area contributed by atoms with E-state index in [1.54, 1.807) is 48.5 Å². The molecule has 1 N–H and O–H groups in total. The Bertz CT molecular complexity index is 769. The van der Waals surface area contributed by atoms with E-state index in [0.717, 1.165) is 5.56 Å². The van der Waals surface area contributed by atoms with Gasteiger partial charge in [-0.05, 0) is 29.8 Å². The average Bonchev–Trinajstić information content (AvgIpc) is 2.84. The molecule has 0 saturated heterocycles. The molecule has 7 heteroatoms. The fourth-order valence-corrected chi connectivity index (χ4v) is 2.39. The van der Waals surface area contributed by atoms with Crippen LogP contribution in [-0.2, 0) is 16.2 Å². The zero-order chi connectivity index (χ0) is 17.1. The molecule has 0 unspecified atom stereocenters. The summed E-state index contributed by atoms with van der Waals surface area (Å²) in [5.41, 5.74) is 1.40. The molecule has 0 aromatic heterocycles. The Hall–Kier alpha value is -2.70. The number of carbonyl (C=O) groups excluding carboxylic acids is 3. The molecule has 0 spiro atoms. The van der Waals surface area contributed by atoms with Crippen molar-refractivity contribution in [2.75, 3.05) is 6.61 Å². The number of hydroxylamine groups is 2. The molecule has 24 heavy (non-hydrogen) atoms. The molecule has 1 aliphatic heterocycles. The van der Waals surface area contributed by atoms with E-state index in [9.17, 15) is 14.4 Å². The normalized spacial score (nSPS) is 13.1. The Labute approximate surface area is 142 Å². The van der Waals surface area contributed by atoms with Crippen LogP contribution in [0.4, 0.5) is 0 Å². The molecule has 0 atom stereocenters. The van der Waals surface area contributed by atoms with Gasteiger partial charge >= 0.3 is 0 Å². The molecular formula is C17H13ClN2O4. The van der Waals surface area contributed by atoms with Gasteiger partial charge in [0.05, 0.1) is 11.1 Å². The lowest BCUT2D eigenvalue weighted by atomic mass is 10.1. The summed E-state index contributed by atoms with van der Waals surface area (Å²) >= 11 is 5.79. The second-order valence-electron chi connectivity index (χ2n) is 5.13. The topological polar surface area (TPSA) is 75.7 Å². The van der Waals surface area contributed by atoms with Crippen molar-refractivity contribution in [1.82, 2.24) is 10.4 Å². The standard InChI is InChI=1S/C17H13ClN2O4/c18-12-7-5-11(6-8-12)9-19-15(21)10-24-20-16(22)13-3-1-2-4-14(13)17(20)23/h1-8H,9-10H2,(H,19,21). The van der Waals surface area contributed by atoms with Gasteiger partial charge in [0, 0.05) is 11.6 Å². The number of nitrogens with one attached hydrogen (secondary N) is 1. The first-order chi connectivity index (χ1) is 11.6. The lowest BCUT2D eigenvalue weighted by Crippen LogP contribution is -2.35. The van der Waals surface area contributed by atoms with Crippen molar-refractivity contribution in [2.24, 2.45) is 0 Å². The molecule has 0 bridgehead atoms. The molecule has 122 valence electrons. The summed E-state index contributed by atoms with van der Waals surface area (Å²) in [4.78, 5) is 41.0. The van der Waals surface area contributed by atoms with Gasteiger partial charge < -0.3 is 5.32 Å². The number of carbonyl (C=O) groups is 3. The maximum absolute atomic E-state index is 12.1. The Balaban J connectivity index is 1.53. The van der Waals surface area contributed by atoms with Crippen LogP contribution in [0.3, 0.4) is 0 Å². The number of amides is 3. The highest BCUT2D eigenvalue weighted by atomic mass is 35.5. The zero-order valence-electron chi connectivity index (χ0n) is 12.5. The second kappa shape index (κ2) is 6.82. The minimum atomic E-state index is -0.568. The van der Waals surface area contributed by atoms with E-state index in [1.807, 2.05) is 0 Å². The van der Waals surface area contributed by atoms with Crippen LogP contribution < -0.4 is 5.32 Å². The van der Waals surface area contributed by atoms with E-state index in [2.05, 4.69) is 5.32 Å². The van der Waals surface area contributed by atoms with Gasteiger partial charge in [-0.25, -0.2) is 0 Å². The van der Waals surface area contributed by atoms with E-state index in [4.69, 9.17) is 16.4 Å². The van der Waals surface area contributed by atoms with Crippen molar-refractivity contribution >= 4 is 29.3 Å². The van der Waals surface area contributed by atoms with Gasteiger partial charge in [0.25, 0.3) is 11.8 Å². The summed E-state index contributed by atoms with van der Waals surface area (Å²) in [6.07, 6.45) is 0. The number of benzene rings is 2. The number of halogens is 1. The van der Waals surface area contributed by atoms with Crippen molar-refractivity contribution in [3.8, 4) is 0 Å². The highest BCUT2D eigenvalue weighted by molar-refractivity contribution is 6.30. The molecule has 2 aromatic rings. The number of nitrogens with zero attached hydrogens (tertiary/aromatic N) is 1. The molecule has 3 amide bonds. The van der Waals surface area contributed by atoms with Crippen LogP contribution in [-0.4, -0.2) is 29.4 Å². The van der Waals surface area contributed by atoms with Crippen LogP contribution in [0.15, 0.2) is 48.5 Å². The van der Waals surface area contributed by atoms with E-state index in [1.165, 1.54) is 0 Å². The number of fused-ring (bicyclic) bond motifs is 1. The monoisotopic (exact) mass is 344 g/mol. The highest BCUT2D eigenvalue weighted by Crippen LogP contribution is 2.22. The summed E-state index contributed by atoms with van der Waals surface area (Å²) in [6.45, 7) is -0.138. The number of hydrogen-bond donors (Lipinski definition) is 1. The summed E-state index contributed by atoms with van der Waals surface area (Å²) < 4.78 is 0. The smallest absolute Gasteiger partial charge is 0.285 e. The Kier molecular flexibility index (Phi) is 4.59. The fourth-order valence-electron chi connectivity index (χ4n) is 2.26. The van der Waals surface area contributed by atoms with Crippen LogP contribution >= 0.6 is 11.6 Å². The van der Waals surface area contributed by atoms with Crippen molar-refractivity contribution < 1.29 is 19.2 Å². The quantitative estimate of drug-likeness (QED) is 0.844. The van der Waals surface area contributed by atoms with Crippen LogP contribution in [0.1, 0.15) is 26.3 Å². The Morgan fingerprint density at radius 3 is 2.17 bits per heavy atom. The molecule has 2 aromatic carbocycles. The van der Waals surface area contributed by atoms with Gasteiger partial charge in [-0.2, -0.15) is 0 Å². The lowest BCUT2D eigenvalue weighted by Gasteiger charge is -2.13. The molecule has 0 radical (unpaired) electrons. The molecule has 0 fully saturated rings. The maximum atomic E-state index is 12.1. The third-order valence-corrected chi connectivity index (χ3v) is 3.74. The summed E-state index contributed by atoms with van der Waals surface area (Å²) in [5.74, 6) is -1.58. The minimum absolute atomic E-state index is 0.268. The van der Waals surface area contributed by atoms with Gasteiger partial charge in [-0.15, -0.1) is 5.06 Å². The maximum Gasteiger partial charge on any atom is 0.285 e. The molecule has 1 aliphatic rings. The predicted octanol–water partition coefficient (Wildman–Crippen LogP) is 2.18. The molecular weight excluding hydrogens is 332 g/mol. The second-order valence-corrected chi connectivity index (χ2v) is 5.56. The summed E-state index contributed by atoms with van der Waals surface area (Å²) in [6, 6.07) is 13.4.